The molecule has 0 saturated heterocycles. The molecule has 3 aromatic rings. The second-order valence-electron chi connectivity index (χ2n) is 13.2. The van der Waals surface area contributed by atoms with Crippen molar-refractivity contribution in [1.82, 2.24) is 0 Å². The first-order chi connectivity index (χ1) is 21.5. The maximum absolute atomic E-state index is 15.4. The Morgan fingerprint density at radius 1 is 0.727 bits per heavy atom. The van der Waals surface area contributed by atoms with Crippen molar-refractivity contribution in [2.45, 2.75) is 103 Å². The van der Waals surface area contributed by atoms with Crippen molar-refractivity contribution in [3.8, 4) is 28.0 Å². The first kappa shape index (κ1) is 32.4. The van der Waals surface area contributed by atoms with Crippen LogP contribution >= 0.6 is 0 Å². The summed E-state index contributed by atoms with van der Waals surface area (Å²) in [4.78, 5) is 0. The van der Waals surface area contributed by atoms with Crippen LogP contribution in [0.5, 0.6) is 5.75 Å². The van der Waals surface area contributed by atoms with Crippen molar-refractivity contribution in [2.75, 3.05) is 6.61 Å². The Labute approximate surface area is 262 Å². The standard InChI is InChI=1S/C40H49F3O/c1-3-5-7-9-28-10-12-29(13-11-28)30-14-16-31(17-15-30)34-22-23-35(37(41)27-34)32-18-20-33(21-19-32)36-24-25-38(40(43)39(36)42)44-26-8-6-4-2/h4,6,18-25,27-31H,3,5,7-17,26H2,1-2H3. The van der Waals surface area contributed by atoms with E-state index < -0.39 is 11.6 Å². The number of unbranched alkanes of at least 4 members (excludes halogenated alkanes) is 2. The Bertz CT molecular complexity index is 1360. The zero-order chi connectivity index (χ0) is 30.9. The van der Waals surface area contributed by atoms with Gasteiger partial charge in [0, 0.05) is 11.1 Å². The molecule has 0 unspecified atom stereocenters. The average molecular weight is 603 g/mol. The Morgan fingerprint density at radius 3 is 2.00 bits per heavy atom. The molecule has 2 fully saturated rings. The Morgan fingerprint density at radius 2 is 1.36 bits per heavy atom. The molecule has 44 heavy (non-hydrogen) atoms. The summed E-state index contributed by atoms with van der Waals surface area (Å²) >= 11 is 0. The minimum Gasteiger partial charge on any atom is -0.490 e. The molecule has 2 aliphatic rings. The van der Waals surface area contributed by atoms with Gasteiger partial charge in [-0.3, -0.25) is 0 Å². The highest BCUT2D eigenvalue weighted by molar-refractivity contribution is 5.71. The molecular weight excluding hydrogens is 553 g/mol. The molecule has 0 N–H and O–H groups in total. The normalized spacial score (nSPS) is 22.4. The number of ether oxygens (including phenoxy) is 1. The predicted octanol–water partition coefficient (Wildman–Crippen LogP) is 12.4. The number of halogens is 3. The van der Waals surface area contributed by atoms with Gasteiger partial charge in [-0.05, 0) is 110 Å². The van der Waals surface area contributed by atoms with Crippen LogP contribution in [0.2, 0.25) is 0 Å². The van der Waals surface area contributed by atoms with Gasteiger partial charge in [0.25, 0.3) is 0 Å². The zero-order valence-electron chi connectivity index (χ0n) is 26.6. The number of benzene rings is 3. The number of hydrogen-bond acceptors (Lipinski definition) is 1. The summed E-state index contributed by atoms with van der Waals surface area (Å²) in [5, 5.41) is 0. The molecule has 2 aliphatic carbocycles. The lowest BCUT2D eigenvalue weighted by Crippen LogP contribution is -2.25. The van der Waals surface area contributed by atoms with Crippen LogP contribution in [0.3, 0.4) is 0 Å². The van der Waals surface area contributed by atoms with Gasteiger partial charge in [-0.2, -0.15) is 4.39 Å². The molecule has 0 bridgehead atoms. The van der Waals surface area contributed by atoms with Crippen molar-refractivity contribution in [1.29, 1.82) is 0 Å². The number of rotatable bonds is 12. The van der Waals surface area contributed by atoms with E-state index in [1.807, 2.05) is 25.1 Å². The largest absolute Gasteiger partial charge is 0.490 e. The quantitative estimate of drug-likeness (QED) is 0.148. The van der Waals surface area contributed by atoms with Gasteiger partial charge >= 0.3 is 0 Å². The fourth-order valence-electron chi connectivity index (χ4n) is 7.67. The molecule has 0 aromatic heterocycles. The molecule has 5 rings (SSSR count). The molecule has 0 radical (unpaired) electrons. The van der Waals surface area contributed by atoms with Gasteiger partial charge in [-0.25, -0.2) is 8.78 Å². The molecule has 0 aliphatic heterocycles. The van der Waals surface area contributed by atoms with E-state index in [0.717, 1.165) is 41.7 Å². The lowest BCUT2D eigenvalue weighted by atomic mass is 9.68. The minimum absolute atomic E-state index is 0.0942. The first-order valence-electron chi connectivity index (χ1n) is 17.1. The van der Waals surface area contributed by atoms with Crippen LogP contribution < -0.4 is 4.74 Å². The topological polar surface area (TPSA) is 9.23 Å². The van der Waals surface area contributed by atoms with Crippen molar-refractivity contribution in [3.63, 3.8) is 0 Å². The van der Waals surface area contributed by atoms with Crippen molar-refractivity contribution >= 4 is 0 Å². The van der Waals surface area contributed by atoms with Gasteiger partial charge in [0.2, 0.25) is 5.82 Å². The van der Waals surface area contributed by atoms with Crippen molar-refractivity contribution < 1.29 is 17.9 Å². The third kappa shape index (κ3) is 7.98. The van der Waals surface area contributed by atoms with E-state index in [4.69, 9.17) is 4.74 Å². The van der Waals surface area contributed by atoms with E-state index in [2.05, 4.69) is 13.0 Å². The summed E-state index contributed by atoms with van der Waals surface area (Å²) in [6.07, 6.45) is 20.4. The van der Waals surface area contributed by atoms with E-state index in [9.17, 15) is 8.78 Å². The molecule has 3 aromatic carbocycles. The maximum Gasteiger partial charge on any atom is 0.201 e. The van der Waals surface area contributed by atoms with Crippen molar-refractivity contribution in [3.05, 3.63) is 89.8 Å². The van der Waals surface area contributed by atoms with Gasteiger partial charge < -0.3 is 4.74 Å². The Balaban J connectivity index is 1.16. The summed E-state index contributed by atoms with van der Waals surface area (Å²) in [5.74, 6) is 0.866. The fraction of sp³-hybridized carbons (Fsp3) is 0.500. The molecule has 1 nitrogen and oxygen atoms in total. The Kier molecular flexibility index (Phi) is 11.6. The maximum atomic E-state index is 15.4. The monoisotopic (exact) mass is 602 g/mol. The van der Waals surface area contributed by atoms with Gasteiger partial charge in [0.05, 0.1) is 6.61 Å². The van der Waals surface area contributed by atoms with E-state index in [-0.39, 0.29) is 23.7 Å². The fourth-order valence-corrected chi connectivity index (χ4v) is 7.67. The zero-order valence-corrected chi connectivity index (χ0v) is 26.6. The van der Waals surface area contributed by atoms with Gasteiger partial charge in [0.15, 0.2) is 11.6 Å². The molecule has 2 saturated carbocycles. The van der Waals surface area contributed by atoms with Crippen LogP contribution in [0, 0.1) is 35.2 Å². The van der Waals surface area contributed by atoms with Crippen LogP contribution in [0.4, 0.5) is 13.2 Å². The molecule has 236 valence electrons. The lowest BCUT2D eigenvalue weighted by molar-refractivity contribution is 0.155. The molecule has 0 amide bonds. The van der Waals surface area contributed by atoms with Crippen LogP contribution in [0.25, 0.3) is 22.3 Å². The van der Waals surface area contributed by atoms with Gasteiger partial charge in [-0.1, -0.05) is 94.0 Å². The minimum atomic E-state index is -0.993. The van der Waals surface area contributed by atoms with E-state index in [1.165, 1.54) is 76.3 Å². The van der Waals surface area contributed by atoms with E-state index in [1.54, 1.807) is 30.3 Å². The van der Waals surface area contributed by atoms with E-state index >= 15 is 4.39 Å². The van der Waals surface area contributed by atoms with Crippen molar-refractivity contribution in [2.24, 2.45) is 17.8 Å². The third-order valence-corrected chi connectivity index (χ3v) is 10.3. The molecule has 0 spiro atoms. The van der Waals surface area contributed by atoms with Gasteiger partial charge in [0.1, 0.15) is 5.82 Å². The average Bonchev–Trinajstić information content (AvgIpc) is 3.06. The number of hydrogen-bond donors (Lipinski definition) is 0. The van der Waals surface area contributed by atoms with E-state index in [0.29, 0.717) is 23.5 Å². The molecular formula is C40H49F3O. The third-order valence-electron chi connectivity index (χ3n) is 10.3. The lowest BCUT2D eigenvalue weighted by Gasteiger charge is -2.38. The Hall–Kier alpha value is -3.01. The summed E-state index contributed by atoms with van der Waals surface area (Å²) in [7, 11) is 0. The van der Waals surface area contributed by atoms with Gasteiger partial charge in [-0.15, -0.1) is 0 Å². The summed E-state index contributed by atoms with van der Waals surface area (Å²) in [6, 6.07) is 15.7. The molecule has 4 heteroatoms. The van der Waals surface area contributed by atoms with Crippen LogP contribution in [0.15, 0.2) is 66.7 Å². The summed E-state index contributed by atoms with van der Waals surface area (Å²) in [6.45, 7) is 4.46. The van der Waals surface area contributed by atoms with Crippen LogP contribution in [-0.4, -0.2) is 6.61 Å². The second-order valence-corrected chi connectivity index (χ2v) is 13.2. The highest BCUT2D eigenvalue weighted by Gasteiger charge is 2.31. The second kappa shape index (κ2) is 15.8. The highest BCUT2D eigenvalue weighted by Crippen LogP contribution is 2.45. The predicted molar refractivity (Wildman–Crippen MR) is 176 cm³/mol. The van der Waals surface area contributed by atoms with Crippen LogP contribution in [-0.2, 0) is 0 Å². The smallest absolute Gasteiger partial charge is 0.201 e. The number of allylic oxidation sites excluding steroid dienone is 1. The SMILES string of the molecule is CC=CCCOc1ccc(-c2ccc(-c3ccc(C4CCC(C5CCC(CCCCC)CC5)CC4)cc3F)cc2)c(F)c1F. The first-order valence-corrected chi connectivity index (χ1v) is 17.1. The summed E-state index contributed by atoms with van der Waals surface area (Å²) < 4.78 is 50.4. The summed E-state index contributed by atoms with van der Waals surface area (Å²) in [5.41, 5.74) is 3.04. The molecule has 0 heterocycles. The molecule has 0 atom stereocenters. The van der Waals surface area contributed by atoms with Crippen LogP contribution in [0.1, 0.15) is 109 Å². The highest BCUT2D eigenvalue weighted by atomic mass is 19.2.